The van der Waals surface area contributed by atoms with Gasteiger partial charge < -0.3 is 10.3 Å². The van der Waals surface area contributed by atoms with Crippen molar-refractivity contribution in [2.45, 2.75) is 6.92 Å². The van der Waals surface area contributed by atoms with E-state index in [0.717, 1.165) is 38.6 Å². The van der Waals surface area contributed by atoms with Crippen molar-refractivity contribution in [1.29, 1.82) is 0 Å². The highest BCUT2D eigenvalue weighted by molar-refractivity contribution is 6.10. The fraction of sp³-hybridized carbons (Fsp3) is 0.100. The number of rotatable bonds is 3. The van der Waals surface area contributed by atoms with E-state index in [-0.39, 0.29) is 5.91 Å². The van der Waals surface area contributed by atoms with E-state index >= 15 is 0 Å². The fourth-order valence-corrected chi connectivity index (χ4v) is 3.54. The number of amides is 1. The van der Waals surface area contributed by atoms with Gasteiger partial charge in [0.2, 0.25) is 0 Å². The zero-order chi connectivity index (χ0) is 19.3. The largest absolute Gasteiger partial charge is 0.346 e. The van der Waals surface area contributed by atoms with Crippen LogP contribution < -0.4 is 5.32 Å². The molecular weight excluding hydrogens is 354 g/mol. The van der Waals surface area contributed by atoms with Crippen molar-refractivity contribution >= 4 is 33.5 Å². The maximum atomic E-state index is 12.8. The van der Waals surface area contributed by atoms with Gasteiger partial charge in [-0.2, -0.15) is 10.2 Å². The molecule has 5 rings (SSSR count). The van der Waals surface area contributed by atoms with Gasteiger partial charge in [0.25, 0.3) is 5.91 Å². The van der Waals surface area contributed by atoms with Crippen LogP contribution in [-0.2, 0) is 7.05 Å². The van der Waals surface area contributed by atoms with Gasteiger partial charge in [0.15, 0.2) is 5.69 Å². The molecule has 4 heterocycles. The van der Waals surface area contributed by atoms with Gasteiger partial charge in [0.05, 0.1) is 17.4 Å². The second-order valence-corrected chi connectivity index (χ2v) is 6.74. The lowest BCUT2D eigenvalue weighted by molar-refractivity contribution is 0.102. The van der Waals surface area contributed by atoms with E-state index in [9.17, 15) is 4.79 Å². The standard InChI is InChI=1S/C20H17N7O/c1-11-10-27(2)26-18(11)20(28)24-16-7-12(8-17-15(16)9-23-25-17)13-3-5-21-19-14(13)4-6-22-19/h3-10H,1-2H3,(H,21,22)(H,23,25)(H,24,28). The molecule has 0 unspecified atom stereocenters. The number of aryl methyl sites for hydroxylation is 2. The van der Waals surface area contributed by atoms with Gasteiger partial charge in [-0.25, -0.2) is 4.98 Å². The Morgan fingerprint density at radius 1 is 1.21 bits per heavy atom. The van der Waals surface area contributed by atoms with E-state index in [4.69, 9.17) is 0 Å². The van der Waals surface area contributed by atoms with Gasteiger partial charge in [-0.15, -0.1) is 0 Å². The Balaban J connectivity index is 1.63. The summed E-state index contributed by atoms with van der Waals surface area (Å²) in [6, 6.07) is 7.92. The normalized spacial score (nSPS) is 11.4. The number of benzene rings is 1. The molecule has 0 saturated heterocycles. The summed E-state index contributed by atoms with van der Waals surface area (Å²) in [5.74, 6) is -0.251. The number of nitrogens with one attached hydrogen (secondary N) is 3. The number of carbonyl (C=O) groups excluding carboxylic acids is 1. The van der Waals surface area contributed by atoms with E-state index < -0.39 is 0 Å². The van der Waals surface area contributed by atoms with Gasteiger partial charge in [-0.3, -0.25) is 14.6 Å². The van der Waals surface area contributed by atoms with Crippen LogP contribution in [0.5, 0.6) is 0 Å². The van der Waals surface area contributed by atoms with Crippen LogP contribution in [0.1, 0.15) is 16.1 Å². The van der Waals surface area contributed by atoms with E-state index in [0.29, 0.717) is 11.4 Å². The lowest BCUT2D eigenvalue weighted by atomic mass is 10.0. The third kappa shape index (κ3) is 2.54. The molecule has 1 aromatic carbocycles. The number of aromatic nitrogens is 6. The molecule has 0 bridgehead atoms. The molecule has 0 aliphatic rings. The number of hydrogen-bond acceptors (Lipinski definition) is 4. The Kier molecular flexibility index (Phi) is 3.51. The van der Waals surface area contributed by atoms with E-state index in [1.807, 2.05) is 43.6 Å². The fourth-order valence-electron chi connectivity index (χ4n) is 3.54. The van der Waals surface area contributed by atoms with Crippen LogP contribution in [0.25, 0.3) is 33.1 Å². The molecule has 1 amide bonds. The number of H-pyrrole nitrogens is 2. The van der Waals surface area contributed by atoms with Gasteiger partial charge in [-0.1, -0.05) is 0 Å². The quantitative estimate of drug-likeness (QED) is 0.452. The van der Waals surface area contributed by atoms with Crippen molar-refractivity contribution in [2.24, 2.45) is 7.05 Å². The first-order chi connectivity index (χ1) is 13.6. The summed E-state index contributed by atoms with van der Waals surface area (Å²) in [6.07, 6.45) is 7.15. The summed E-state index contributed by atoms with van der Waals surface area (Å²) in [5, 5.41) is 16.2. The van der Waals surface area contributed by atoms with Crippen molar-refractivity contribution in [3.63, 3.8) is 0 Å². The maximum Gasteiger partial charge on any atom is 0.276 e. The topological polar surface area (TPSA) is 104 Å². The van der Waals surface area contributed by atoms with E-state index in [1.165, 1.54) is 0 Å². The number of anilines is 1. The molecular formula is C20H17N7O. The molecule has 8 nitrogen and oxygen atoms in total. The third-order valence-corrected chi connectivity index (χ3v) is 4.80. The number of carbonyl (C=O) groups is 1. The molecule has 4 aromatic heterocycles. The average molecular weight is 371 g/mol. The zero-order valence-corrected chi connectivity index (χ0v) is 15.3. The molecule has 28 heavy (non-hydrogen) atoms. The zero-order valence-electron chi connectivity index (χ0n) is 15.3. The van der Waals surface area contributed by atoms with Crippen LogP contribution >= 0.6 is 0 Å². The predicted octanol–water partition coefficient (Wildman–Crippen LogP) is 3.40. The number of hydrogen-bond donors (Lipinski definition) is 3. The lowest BCUT2D eigenvalue weighted by Gasteiger charge is -2.10. The summed E-state index contributed by atoms with van der Waals surface area (Å²) in [7, 11) is 1.80. The van der Waals surface area contributed by atoms with Crippen molar-refractivity contribution in [3.05, 3.63) is 60.3 Å². The summed E-state index contributed by atoms with van der Waals surface area (Å²) in [6.45, 7) is 1.87. The molecule has 3 N–H and O–H groups in total. The van der Waals surface area contributed by atoms with Crippen molar-refractivity contribution in [2.75, 3.05) is 5.32 Å². The van der Waals surface area contributed by atoms with Crippen molar-refractivity contribution in [1.82, 2.24) is 29.9 Å². The molecule has 0 radical (unpaired) electrons. The molecule has 5 aromatic rings. The number of aromatic amines is 2. The first-order valence-corrected chi connectivity index (χ1v) is 8.81. The van der Waals surface area contributed by atoms with Crippen molar-refractivity contribution < 1.29 is 4.79 Å². The van der Waals surface area contributed by atoms with Crippen LogP contribution in [0.15, 0.2) is 49.1 Å². The van der Waals surface area contributed by atoms with E-state index in [2.05, 4.69) is 30.6 Å². The van der Waals surface area contributed by atoms with Crippen molar-refractivity contribution in [3.8, 4) is 11.1 Å². The first-order valence-electron chi connectivity index (χ1n) is 8.81. The minimum atomic E-state index is -0.251. The molecule has 0 atom stereocenters. The Morgan fingerprint density at radius 2 is 2.11 bits per heavy atom. The van der Waals surface area contributed by atoms with Crippen LogP contribution in [0.4, 0.5) is 5.69 Å². The molecule has 0 spiro atoms. The van der Waals surface area contributed by atoms with Gasteiger partial charge in [-0.05, 0) is 42.3 Å². The Hall–Kier alpha value is -3.94. The van der Waals surface area contributed by atoms with Gasteiger partial charge >= 0.3 is 0 Å². The first kappa shape index (κ1) is 16.2. The van der Waals surface area contributed by atoms with Gasteiger partial charge in [0.1, 0.15) is 5.65 Å². The second-order valence-electron chi connectivity index (χ2n) is 6.74. The molecule has 0 fully saturated rings. The monoisotopic (exact) mass is 371 g/mol. The summed E-state index contributed by atoms with van der Waals surface area (Å²) in [5.41, 5.74) is 5.54. The van der Waals surface area contributed by atoms with Gasteiger partial charge in [0, 0.05) is 42.0 Å². The highest BCUT2D eigenvalue weighted by Crippen LogP contribution is 2.33. The van der Waals surface area contributed by atoms with Crippen LogP contribution in [0.3, 0.4) is 0 Å². The minimum absolute atomic E-state index is 0.251. The van der Waals surface area contributed by atoms with E-state index in [1.54, 1.807) is 24.1 Å². The number of pyridine rings is 1. The Morgan fingerprint density at radius 3 is 2.93 bits per heavy atom. The predicted molar refractivity (Wildman–Crippen MR) is 107 cm³/mol. The maximum absolute atomic E-state index is 12.8. The minimum Gasteiger partial charge on any atom is -0.346 e. The summed E-state index contributed by atoms with van der Waals surface area (Å²) < 4.78 is 1.63. The average Bonchev–Trinajstić information content (AvgIpc) is 3.40. The molecule has 8 heteroatoms. The molecule has 0 saturated carbocycles. The van der Waals surface area contributed by atoms with Crippen LogP contribution in [-0.4, -0.2) is 35.9 Å². The van der Waals surface area contributed by atoms with Crippen LogP contribution in [0, 0.1) is 6.92 Å². The summed E-state index contributed by atoms with van der Waals surface area (Å²) >= 11 is 0. The van der Waals surface area contributed by atoms with Crippen LogP contribution in [0.2, 0.25) is 0 Å². The second kappa shape index (κ2) is 6.05. The lowest BCUT2D eigenvalue weighted by Crippen LogP contribution is -2.14. The number of nitrogens with zero attached hydrogens (tertiary/aromatic N) is 4. The molecule has 0 aliphatic carbocycles. The highest BCUT2D eigenvalue weighted by Gasteiger charge is 2.17. The smallest absolute Gasteiger partial charge is 0.276 e. The highest BCUT2D eigenvalue weighted by atomic mass is 16.2. The Bertz CT molecular complexity index is 1340. The third-order valence-electron chi connectivity index (χ3n) is 4.80. The molecule has 138 valence electrons. The number of fused-ring (bicyclic) bond motifs is 2. The Labute approximate surface area is 159 Å². The SMILES string of the molecule is Cc1cn(C)nc1C(=O)Nc1cc(-c2ccnc3[nH]ccc23)cc2[nH]ncc12. The molecule has 0 aliphatic heterocycles. The summed E-state index contributed by atoms with van der Waals surface area (Å²) in [4.78, 5) is 20.3.